The largest absolute Gasteiger partial charge is 0.337 e. The number of rotatable bonds is 6. The Morgan fingerprint density at radius 1 is 1.43 bits per heavy atom. The van der Waals surface area contributed by atoms with Gasteiger partial charge in [-0.1, -0.05) is 6.92 Å². The molecule has 1 aliphatic carbocycles. The SMILES string of the molecule is CCCN(CC1CC1)C(=O)c1nc(NC(C)=O)ccc1Br. The lowest BCUT2D eigenvalue weighted by molar-refractivity contribution is -0.114. The molecule has 0 radical (unpaired) electrons. The van der Waals surface area contributed by atoms with Gasteiger partial charge in [0.1, 0.15) is 11.5 Å². The van der Waals surface area contributed by atoms with E-state index in [4.69, 9.17) is 0 Å². The van der Waals surface area contributed by atoms with Crippen LogP contribution in [0.1, 0.15) is 43.6 Å². The number of carbonyl (C=O) groups is 2. The van der Waals surface area contributed by atoms with Crippen LogP contribution in [0.3, 0.4) is 0 Å². The number of aromatic nitrogens is 1. The van der Waals surface area contributed by atoms with Gasteiger partial charge in [0.2, 0.25) is 5.91 Å². The maximum Gasteiger partial charge on any atom is 0.273 e. The van der Waals surface area contributed by atoms with Crippen LogP contribution >= 0.6 is 15.9 Å². The quantitative estimate of drug-likeness (QED) is 0.854. The van der Waals surface area contributed by atoms with Crippen LogP contribution in [0, 0.1) is 5.92 Å². The van der Waals surface area contributed by atoms with Gasteiger partial charge in [-0.25, -0.2) is 4.98 Å². The molecule has 0 saturated heterocycles. The fourth-order valence-corrected chi connectivity index (χ4v) is 2.54. The monoisotopic (exact) mass is 353 g/mol. The number of hydrogen-bond donors (Lipinski definition) is 1. The van der Waals surface area contributed by atoms with Gasteiger partial charge in [0.05, 0.1) is 0 Å². The molecule has 0 spiro atoms. The number of hydrogen-bond acceptors (Lipinski definition) is 3. The molecule has 0 unspecified atom stereocenters. The first kappa shape index (κ1) is 15.9. The third-order valence-electron chi connectivity index (χ3n) is 3.31. The Balaban J connectivity index is 2.20. The van der Waals surface area contributed by atoms with Gasteiger partial charge in [-0.05, 0) is 53.2 Å². The van der Waals surface area contributed by atoms with Gasteiger partial charge in [-0.15, -0.1) is 0 Å². The molecule has 0 aromatic carbocycles. The molecule has 1 heterocycles. The first-order valence-corrected chi connectivity index (χ1v) is 8.04. The Bertz CT molecular complexity index is 544. The Morgan fingerprint density at radius 2 is 2.14 bits per heavy atom. The summed E-state index contributed by atoms with van der Waals surface area (Å²) < 4.78 is 0.651. The summed E-state index contributed by atoms with van der Waals surface area (Å²) in [5, 5.41) is 2.61. The molecule has 0 aliphatic heterocycles. The molecule has 1 aliphatic rings. The molecule has 1 fully saturated rings. The summed E-state index contributed by atoms with van der Waals surface area (Å²) in [5.74, 6) is 0.754. The van der Waals surface area contributed by atoms with Crippen molar-refractivity contribution in [3.05, 3.63) is 22.3 Å². The Hall–Kier alpha value is -1.43. The fourth-order valence-electron chi connectivity index (χ4n) is 2.15. The molecule has 1 saturated carbocycles. The smallest absolute Gasteiger partial charge is 0.273 e. The summed E-state index contributed by atoms with van der Waals surface area (Å²) in [4.78, 5) is 29.9. The standard InChI is InChI=1S/C15H20BrN3O2/c1-3-8-19(9-11-4-5-11)15(21)14-12(16)6-7-13(18-14)17-10(2)20/h6-7,11H,3-5,8-9H2,1-2H3,(H,17,18,20). The Kier molecular flexibility index (Phi) is 5.33. The molecule has 0 atom stereocenters. The van der Waals surface area contributed by atoms with Gasteiger partial charge < -0.3 is 10.2 Å². The number of anilines is 1. The van der Waals surface area contributed by atoms with Crippen LogP contribution in [-0.4, -0.2) is 34.8 Å². The van der Waals surface area contributed by atoms with E-state index in [0.717, 1.165) is 19.5 Å². The third kappa shape index (κ3) is 4.52. The summed E-state index contributed by atoms with van der Waals surface area (Å²) in [6, 6.07) is 3.42. The van der Waals surface area contributed by atoms with E-state index in [-0.39, 0.29) is 11.8 Å². The molecule has 1 aromatic heterocycles. The predicted molar refractivity (Wildman–Crippen MR) is 85.2 cm³/mol. The number of carbonyl (C=O) groups excluding carboxylic acids is 2. The van der Waals surface area contributed by atoms with E-state index in [1.54, 1.807) is 12.1 Å². The summed E-state index contributed by atoms with van der Waals surface area (Å²) in [7, 11) is 0. The molecule has 2 rings (SSSR count). The van der Waals surface area contributed by atoms with Crippen molar-refractivity contribution >= 4 is 33.6 Å². The number of nitrogens with one attached hydrogen (secondary N) is 1. The highest BCUT2D eigenvalue weighted by atomic mass is 79.9. The van der Waals surface area contributed by atoms with Crippen LogP contribution in [0.5, 0.6) is 0 Å². The third-order valence-corrected chi connectivity index (χ3v) is 3.95. The molecule has 1 N–H and O–H groups in total. The first-order valence-electron chi connectivity index (χ1n) is 7.24. The summed E-state index contributed by atoms with van der Waals surface area (Å²) in [5.41, 5.74) is 0.357. The number of halogens is 1. The number of pyridine rings is 1. The van der Waals surface area contributed by atoms with Crippen molar-refractivity contribution in [1.82, 2.24) is 9.88 Å². The lowest BCUT2D eigenvalue weighted by Gasteiger charge is -2.22. The lowest BCUT2D eigenvalue weighted by Crippen LogP contribution is -2.34. The maximum absolute atomic E-state index is 12.7. The van der Waals surface area contributed by atoms with Crippen LogP contribution in [0.2, 0.25) is 0 Å². The Morgan fingerprint density at radius 3 is 2.71 bits per heavy atom. The second kappa shape index (κ2) is 7.02. The van der Waals surface area contributed by atoms with Crippen molar-refractivity contribution in [2.75, 3.05) is 18.4 Å². The average Bonchev–Trinajstić information content (AvgIpc) is 3.23. The fraction of sp³-hybridized carbons (Fsp3) is 0.533. The van der Waals surface area contributed by atoms with Crippen LogP contribution in [-0.2, 0) is 4.79 Å². The zero-order valence-corrected chi connectivity index (χ0v) is 13.9. The van der Waals surface area contributed by atoms with Crippen molar-refractivity contribution in [2.24, 2.45) is 5.92 Å². The van der Waals surface area contributed by atoms with Gasteiger partial charge in [0.25, 0.3) is 5.91 Å². The number of amides is 2. The molecular formula is C15H20BrN3O2. The van der Waals surface area contributed by atoms with Crippen LogP contribution < -0.4 is 5.32 Å². The molecule has 21 heavy (non-hydrogen) atoms. The summed E-state index contributed by atoms with van der Waals surface area (Å²) in [6.45, 7) is 5.00. The average molecular weight is 354 g/mol. The van der Waals surface area contributed by atoms with Gasteiger partial charge in [-0.3, -0.25) is 9.59 Å². The predicted octanol–water partition coefficient (Wildman–Crippen LogP) is 3.06. The zero-order valence-electron chi connectivity index (χ0n) is 12.4. The van der Waals surface area contributed by atoms with E-state index >= 15 is 0 Å². The second-order valence-electron chi connectivity index (χ2n) is 5.40. The van der Waals surface area contributed by atoms with E-state index in [1.807, 2.05) is 4.90 Å². The molecule has 0 bridgehead atoms. The minimum Gasteiger partial charge on any atom is -0.337 e. The minimum absolute atomic E-state index is 0.0807. The number of nitrogens with zero attached hydrogens (tertiary/aromatic N) is 2. The molecule has 5 nitrogen and oxygen atoms in total. The van der Waals surface area contributed by atoms with Gasteiger partial charge in [0.15, 0.2) is 0 Å². The van der Waals surface area contributed by atoms with Gasteiger partial charge >= 0.3 is 0 Å². The van der Waals surface area contributed by atoms with Crippen molar-refractivity contribution in [2.45, 2.75) is 33.1 Å². The first-order chi connectivity index (χ1) is 10.0. The summed E-state index contributed by atoms with van der Waals surface area (Å²) >= 11 is 3.38. The topological polar surface area (TPSA) is 62.3 Å². The highest BCUT2D eigenvalue weighted by Gasteiger charge is 2.28. The molecule has 114 valence electrons. The van der Waals surface area contributed by atoms with Gasteiger partial charge in [0, 0.05) is 24.5 Å². The highest BCUT2D eigenvalue weighted by Crippen LogP contribution is 2.30. The van der Waals surface area contributed by atoms with E-state index in [0.29, 0.717) is 21.9 Å². The van der Waals surface area contributed by atoms with Crippen LogP contribution in [0.25, 0.3) is 0 Å². The van der Waals surface area contributed by atoms with E-state index < -0.39 is 0 Å². The molecule has 6 heteroatoms. The normalized spacial score (nSPS) is 13.9. The molecule has 2 amide bonds. The van der Waals surface area contributed by atoms with Crippen molar-refractivity contribution in [3.8, 4) is 0 Å². The van der Waals surface area contributed by atoms with Crippen molar-refractivity contribution in [3.63, 3.8) is 0 Å². The van der Waals surface area contributed by atoms with Crippen molar-refractivity contribution < 1.29 is 9.59 Å². The highest BCUT2D eigenvalue weighted by molar-refractivity contribution is 9.10. The minimum atomic E-state index is -0.202. The maximum atomic E-state index is 12.7. The van der Waals surface area contributed by atoms with E-state index in [1.165, 1.54) is 19.8 Å². The zero-order chi connectivity index (χ0) is 15.4. The van der Waals surface area contributed by atoms with Crippen molar-refractivity contribution in [1.29, 1.82) is 0 Å². The molecule has 1 aromatic rings. The lowest BCUT2D eigenvalue weighted by atomic mass is 10.2. The second-order valence-corrected chi connectivity index (χ2v) is 6.26. The van der Waals surface area contributed by atoms with Crippen LogP contribution in [0.4, 0.5) is 5.82 Å². The van der Waals surface area contributed by atoms with E-state index in [2.05, 4.69) is 33.2 Å². The van der Waals surface area contributed by atoms with Crippen LogP contribution in [0.15, 0.2) is 16.6 Å². The Labute approximate surface area is 133 Å². The van der Waals surface area contributed by atoms with E-state index in [9.17, 15) is 9.59 Å². The molecular weight excluding hydrogens is 334 g/mol. The van der Waals surface area contributed by atoms with Gasteiger partial charge in [-0.2, -0.15) is 0 Å². The summed E-state index contributed by atoms with van der Waals surface area (Å²) in [6.07, 6.45) is 3.32.